The fourth-order valence-corrected chi connectivity index (χ4v) is 3.68. The van der Waals surface area contributed by atoms with E-state index < -0.39 is 11.9 Å². The smallest absolute Gasteiger partial charge is 0.352 e. The Labute approximate surface area is 164 Å². The van der Waals surface area contributed by atoms with Crippen molar-refractivity contribution < 1.29 is 13.2 Å². The Morgan fingerprint density at radius 1 is 1.30 bits per heavy atom. The van der Waals surface area contributed by atoms with Gasteiger partial charge >= 0.3 is 6.18 Å². The molecule has 0 amide bonds. The van der Waals surface area contributed by atoms with Crippen molar-refractivity contribution in [3.05, 3.63) is 36.9 Å². The van der Waals surface area contributed by atoms with Crippen LogP contribution in [0.4, 0.5) is 13.2 Å². The van der Waals surface area contributed by atoms with Gasteiger partial charge in [0.25, 0.3) is 0 Å². The van der Waals surface area contributed by atoms with Crippen molar-refractivity contribution in [3.8, 4) is 0 Å². The first kappa shape index (κ1) is 20.6. The average molecular weight is 541 g/mol. The maximum Gasteiger partial charge on any atom is 0.434 e. The molecule has 0 saturated carbocycles. The molecule has 0 unspecified atom stereocenters. The number of halogens is 5. The number of rotatable bonds is 4. The third-order valence-corrected chi connectivity index (χ3v) is 5.00. The molecule has 0 aromatic carbocycles. The molecule has 0 bridgehead atoms. The number of aliphatic imine (C=N–C) groups is 1. The Morgan fingerprint density at radius 3 is 2.52 bits per heavy atom. The molecule has 2 aromatic rings. The molecular formula is C12H13BrF3IN4S2. The van der Waals surface area contributed by atoms with Crippen LogP contribution in [0.3, 0.4) is 0 Å². The summed E-state index contributed by atoms with van der Waals surface area (Å²) in [5.41, 5.74) is -0.860. The number of alkyl halides is 3. The van der Waals surface area contributed by atoms with Crippen LogP contribution in [-0.2, 0) is 19.3 Å². The van der Waals surface area contributed by atoms with Crippen LogP contribution in [0.25, 0.3) is 0 Å². The van der Waals surface area contributed by atoms with Crippen LogP contribution in [-0.4, -0.2) is 18.0 Å². The van der Waals surface area contributed by atoms with Gasteiger partial charge in [-0.05, 0) is 28.1 Å². The highest BCUT2D eigenvalue weighted by atomic mass is 127. The zero-order valence-electron chi connectivity index (χ0n) is 11.8. The maximum absolute atomic E-state index is 12.5. The van der Waals surface area contributed by atoms with E-state index in [9.17, 15) is 13.2 Å². The minimum Gasteiger partial charge on any atom is -0.352 e. The monoisotopic (exact) mass is 540 g/mol. The number of hydrogen-bond donors (Lipinski definition) is 2. The second kappa shape index (κ2) is 9.18. The second-order valence-electron chi connectivity index (χ2n) is 4.11. The van der Waals surface area contributed by atoms with Crippen LogP contribution in [0.15, 0.2) is 26.3 Å². The summed E-state index contributed by atoms with van der Waals surface area (Å²) in [6.07, 6.45) is -4.40. The number of thiazole rings is 1. The maximum atomic E-state index is 12.5. The van der Waals surface area contributed by atoms with Crippen molar-refractivity contribution in [1.82, 2.24) is 15.6 Å². The molecule has 2 heterocycles. The van der Waals surface area contributed by atoms with Crippen molar-refractivity contribution in [2.24, 2.45) is 4.99 Å². The number of aromatic nitrogens is 1. The Bertz CT molecular complexity index is 657. The van der Waals surface area contributed by atoms with E-state index in [0.717, 1.165) is 25.4 Å². The van der Waals surface area contributed by atoms with E-state index in [1.807, 2.05) is 12.1 Å². The number of thiophene rings is 1. The van der Waals surface area contributed by atoms with Crippen LogP contribution in [0.2, 0.25) is 0 Å². The summed E-state index contributed by atoms with van der Waals surface area (Å²) >= 11 is 5.94. The van der Waals surface area contributed by atoms with Gasteiger partial charge in [-0.15, -0.1) is 46.7 Å². The molecule has 0 aliphatic heterocycles. The van der Waals surface area contributed by atoms with Gasteiger partial charge in [-0.25, -0.2) is 4.98 Å². The van der Waals surface area contributed by atoms with E-state index in [4.69, 9.17) is 0 Å². The van der Waals surface area contributed by atoms with E-state index in [1.165, 1.54) is 0 Å². The van der Waals surface area contributed by atoms with Crippen molar-refractivity contribution in [2.75, 3.05) is 7.05 Å². The van der Waals surface area contributed by atoms with Gasteiger partial charge in [0.15, 0.2) is 11.7 Å². The lowest BCUT2D eigenvalue weighted by Gasteiger charge is -2.09. The zero-order chi connectivity index (χ0) is 16.2. The minimum absolute atomic E-state index is 0. The number of nitrogens with one attached hydrogen (secondary N) is 2. The summed E-state index contributed by atoms with van der Waals surface area (Å²) < 4.78 is 38.4. The van der Waals surface area contributed by atoms with Gasteiger partial charge in [-0.2, -0.15) is 13.2 Å². The molecule has 11 heteroatoms. The van der Waals surface area contributed by atoms with Gasteiger partial charge in [0.1, 0.15) is 5.01 Å². The second-order valence-corrected chi connectivity index (χ2v) is 7.60. The molecule has 2 aromatic heterocycles. The van der Waals surface area contributed by atoms with E-state index >= 15 is 0 Å². The van der Waals surface area contributed by atoms with E-state index in [-0.39, 0.29) is 30.5 Å². The Morgan fingerprint density at radius 2 is 2.00 bits per heavy atom. The molecule has 0 fully saturated rings. The summed E-state index contributed by atoms with van der Waals surface area (Å²) in [5, 5.41) is 7.40. The molecule has 0 aliphatic rings. The predicted octanol–water partition coefficient (Wildman–Crippen LogP) is 4.47. The molecule has 0 spiro atoms. The SMILES string of the molecule is CN=C(NCc1ccc(Br)s1)NCc1nc(C(F)(F)F)cs1.I. The minimum atomic E-state index is -4.40. The summed E-state index contributed by atoms with van der Waals surface area (Å²) in [5.74, 6) is 0.508. The van der Waals surface area contributed by atoms with Crippen LogP contribution in [0.1, 0.15) is 15.6 Å². The summed E-state index contributed by atoms with van der Waals surface area (Å²) in [6, 6.07) is 3.93. The molecule has 2 N–H and O–H groups in total. The quantitative estimate of drug-likeness (QED) is 0.342. The van der Waals surface area contributed by atoms with Gasteiger partial charge in [0.05, 0.1) is 16.9 Å². The molecule has 0 atom stereocenters. The Kier molecular flexibility index (Phi) is 8.24. The lowest BCUT2D eigenvalue weighted by molar-refractivity contribution is -0.140. The largest absolute Gasteiger partial charge is 0.434 e. The van der Waals surface area contributed by atoms with E-state index in [0.29, 0.717) is 17.5 Å². The first-order chi connectivity index (χ1) is 10.4. The Balaban J connectivity index is 0.00000264. The Hall–Kier alpha value is -0.400. The van der Waals surface area contributed by atoms with Crippen LogP contribution >= 0.6 is 62.6 Å². The van der Waals surface area contributed by atoms with Crippen LogP contribution in [0, 0.1) is 0 Å². The number of guanidine groups is 1. The van der Waals surface area contributed by atoms with Gasteiger partial charge in [-0.1, -0.05) is 0 Å². The van der Waals surface area contributed by atoms with Crippen LogP contribution < -0.4 is 10.6 Å². The number of nitrogens with zero attached hydrogens (tertiary/aromatic N) is 2. The topological polar surface area (TPSA) is 49.3 Å². The molecule has 0 saturated heterocycles. The van der Waals surface area contributed by atoms with Gasteiger partial charge in [-0.3, -0.25) is 4.99 Å². The molecule has 4 nitrogen and oxygen atoms in total. The van der Waals surface area contributed by atoms with E-state index in [1.54, 1.807) is 18.4 Å². The first-order valence-corrected chi connectivity index (χ1v) is 8.57. The van der Waals surface area contributed by atoms with E-state index in [2.05, 4.69) is 36.5 Å². The molecule has 0 aliphatic carbocycles. The fraction of sp³-hybridized carbons (Fsp3) is 0.333. The standard InChI is InChI=1S/C12H12BrF3N4S2.HI/c1-17-11(18-4-7-2-3-9(13)22-7)19-5-10-20-8(6-21-10)12(14,15)16;/h2-3,6H,4-5H2,1H3,(H2,17,18,19);1H. The van der Waals surface area contributed by atoms with Crippen molar-refractivity contribution in [1.29, 1.82) is 0 Å². The van der Waals surface area contributed by atoms with Gasteiger partial charge in [0, 0.05) is 17.3 Å². The first-order valence-electron chi connectivity index (χ1n) is 6.09. The highest BCUT2D eigenvalue weighted by Crippen LogP contribution is 2.29. The fourth-order valence-electron chi connectivity index (χ4n) is 1.52. The lowest BCUT2D eigenvalue weighted by atomic mass is 10.4. The van der Waals surface area contributed by atoms with Crippen molar-refractivity contribution in [2.45, 2.75) is 19.3 Å². The molecular weight excluding hydrogens is 528 g/mol. The highest BCUT2D eigenvalue weighted by Gasteiger charge is 2.33. The summed E-state index contributed by atoms with van der Waals surface area (Å²) in [6.45, 7) is 0.774. The lowest BCUT2D eigenvalue weighted by Crippen LogP contribution is -2.36. The molecule has 2 rings (SSSR count). The third kappa shape index (κ3) is 6.55. The number of hydrogen-bond acceptors (Lipinski definition) is 4. The normalized spacial score (nSPS) is 12.0. The van der Waals surface area contributed by atoms with Crippen molar-refractivity contribution >= 4 is 68.5 Å². The van der Waals surface area contributed by atoms with Crippen molar-refractivity contribution in [3.63, 3.8) is 0 Å². The average Bonchev–Trinajstić information content (AvgIpc) is 3.07. The van der Waals surface area contributed by atoms with Crippen LogP contribution in [0.5, 0.6) is 0 Å². The summed E-state index contributed by atoms with van der Waals surface area (Å²) in [4.78, 5) is 8.69. The predicted molar refractivity (Wildman–Crippen MR) is 102 cm³/mol. The zero-order valence-corrected chi connectivity index (χ0v) is 17.3. The third-order valence-electron chi connectivity index (χ3n) is 2.53. The summed E-state index contributed by atoms with van der Waals surface area (Å²) in [7, 11) is 1.60. The van der Waals surface area contributed by atoms with Gasteiger partial charge < -0.3 is 10.6 Å². The highest BCUT2D eigenvalue weighted by molar-refractivity contribution is 14.0. The van der Waals surface area contributed by atoms with Gasteiger partial charge in [0.2, 0.25) is 0 Å². The molecule has 23 heavy (non-hydrogen) atoms. The molecule has 0 radical (unpaired) electrons. The molecule has 128 valence electrons.